The molecule has 3 aliphatic rings. The molecule has 7 N–H and O–H groups in total. The topological polar surface area (TPSA) is 345 Å². The second kappa shape index (κ2) is 34.7. The van der Waals surface area contributed by atoms with Crippen molar-refractivity contribution in [2.24, 2.45) is 25.9 Å². The van der Waals surface area contributed by atoms with Crippen molar-refractivity contribution < 1.29 is 81.9 Å². The molecule has 9 amide bonds. The van der Waals surface area contributed by atoms with Gasteiger partial charge in [-0.2, -0.15) is 0 Å². The first kappa shape index (κ1) is 73.7. The highest BCUT2D eigenvalue weighted by Crippen LogP contribution is 2.40. The number of carbonyl (C=O) groups is 11. The van der Waals surface area contributed by atoms with Crippen LogP contribution in [0.4, 0.5) is 21.9 Å². The monoisotopic (exact) mass is 1350 g/mol. The van der Waals surface area contributed by atoms with E-state index in [0.29, 0.717) is 58.0 Å². The number of aromatic nitrogens is 2. The average molecular weight is 1350 g/mol. The third-order valence-corrected chi connectivity index (χ3v) is 16.9. The van der Waals surface area contributed by atoms with Crippen LogP contribution in [0.5, 0.6) is 5.75 Å². The fourth-order valence-corrected chi connectivity index (χ4v) is 11.4. The first-order chi connectivity index (χ1) is 46.9. The van der Waals surface area contributed by atoms with Crippen molar-refractivity contribution in [3.63, 3.8) is 0 Å². The fourth-order valence-electron chi connectivity index (χ4n) is 11.4. The van der Waals surface area contributed by atoms with Crippen molar-refractivity contribution >= 4 is 82.0 Å². The molecule has 0 aliphatic carbocycles. The number of ketones is 2. The number of imide groups is 1. The number of aliphatic hydroxyl groups excluding tert-OH is 2. The minimum Gasteiger partial charge on any atom is -0.493 e. The largest absolute Gasteiger partial charge is 0.493 e. The van der Waals surface area contributed by atoms with Crippen molar-refractivity contribution in [2.75, 3.05) is 81.4 Å². The number of hydrogen-bond donors (Lipinski definition) is 7. The summed E-state index contributed by atoms with van der Waals surface area (Å²) in [5.41, 5.74) is 5.92. The van der Waals surface area contributed by atoms with Crippen LogP contribution in [0.15, 0.2) is 109 Å². The van der Waals surface area contributed by atoms with Crippen molar-refractivity contribution in [3.8, 4) is 16.9 Å². The van der Waals surface area contributed by atoms with E-state index >= 15 is 0 Å². The normalized spacial score (nSPS) is 15.5. The summed E-state index contributed by atoms with van der Waals surface area (Å²) in [5.74, 6) is -4.18. The molecule has 5 heterocycles. The summed E-state index contributed by atoms with van der Waals surface area (Å²) in [7, 11) is 3.45. The maximum atomic E-state index is 14.2. The molecule has 1 unspecified atom stereocenters. The van der Waals surface area contributed by atoms with Gasteiger partial charge in [-0.3, -0.25) is 52.8 Å². The highest BCUT2D eigenvalue weighted by Gasteiger charge is 2.46. The van der Waals surface area contributed by atoms with E-state index < -0.39 is 59.9 Å². The van der Waals surface area contributed by atoms with Gasteiger partial charge in [0.2, 0.25) is 17.7 Å². The van der Waals surface area contributed by atoms with Crippen molar-refractivity contribution in [3.05, 3.63) is 143 Å². The SMILES string of the molecule is C=C1C[C@H]2C(O)N(C(=O)OCc3ccc(CC(=O)[C@H](C)NC(=O)[C@@H](CC(=O)CCOCCOCCNC(=O)CCN4C(=O)C=CC4=O)C(C)C)cc3)c3cc(OCCCC(=O)Nc4cc(C(=O)Nc5ccc(-c6cc(C(=O)NCCCO)n(C)c6)cc5)n(C)c4)c(C)cc3C(=O)N2C1. The van der Waals surface area contributed by atoms with Gasteiger partial charge in [0.15, 0.2) is 12.0 Å². The number of aryl methyl sites for hydroxylation is 3. The second-order valence-corrected chi connectivity index (χ2v) is 24.8. The Morgan fingerprint density at radius 3 is 2.09 bits per heavy atom. The molecule has 8 rings (SSSR count). The maximum absolute atomic E-state index is 14.2. The highest BCUT2D eigenvalue weighted by atomic mass is 16.6. The van der Waals surface area contributed by atoms with Crippen LogP contribution in [0.3, 0.4) is 0 Å². The average Bonchev–Trinajstić information content (AvgIpc) is 1.58. The first-order valence-corrected chi connectivity index (χ1v) is 32.6. The van der Waals surface area contributed by atoms with Crippen molar-refractivity contribution in [1.82, 2.24) is 34.9 Å². The lowest BCUT2D eigenvalue weighted by Gasteiger charge is -2.31. The smallest absolute Gasteiger partial charge is 0.416 e. The molecule has 4 atom stereocenters. The number of nitrogens with zero attached hydrogens (tertiary/aromatic N) is 5. The Morgan fingerprint density at radius 2 is 1.39 bits per heavy atom. The Labute approximate surface area is 567 Å². The number of carbonyl (C=O) groups excluding carboxylic acids is 11. The van der Waals surface area contributed by atoms with Gasteiger partial charge in [-0.25, -0.2) is 9.69 Å². The van der Waals surface area contributed by atoms with Crippen LogP contribution in [0.2, 0.25) is 0 Å². The summed E-state index contributed by atoms with van der Waals surface area (Å²) in [6.07, 6.45) is 4.18. The summed E-state index contributed by atoms with van der Waals surface area (Å²) in [6.45, 7) is 12.2. The Bertz CT molecular complexity index is 3800. The van der Waals surface area contributed by atoms with E-state index in [4.69, 9.17) is 24.1 Å². The van der Waals surface area contributed by atoms with Gasteiger partial charge in [-0.15, -0.1) is 0 Å². The zero-order valence-electron chi connectivity index (χ0n) is 56.0. The predicted octanol–water partition coefficient (Wildman–Crippen LogP) is 5.45. The molecule has 98 heavy (non-hydrogen) atoms. The van der Waals surface area contributed by atoms with Gasteiger partial charge >= 0.3 is 6.09 Å². The molecule has 0 radical (unpaired) electrons. The van der Waals surface area contributed by atoms with E-state index in [-0.39, 0.29) is 163 Å². The molecule has 0 saturated carbocycles. The minimum atomic E-state index is -1.54. The third kappa shape index (κ3) is 19.8. The number of Topliss-reactive ketones (excluding diaryl/α,β-unsaturated/α-hetero) is 2. The number of nitrogens with one attached hydrogen (secondary N) is 5. The van der Waals surface area contributed by atoms with Gasteiger partial charge in [-0.05, 0) is 91.6 Å². The molecule has 0 bridgehead atoms. The third-order valence-electron chi connectivity index (χ3n) is 16.9. The van der Waals surface area contributed by atoms with Crippen LogP contribution in [0.25, 0.3) is 11.1 Å². The zero-order chi connectivity index (χ0) is 70.7. The summed E-state index contributed by atoms with van der Waals surface area (Å²) in [4.78, 5) is 146. The number of aliphatic hydroxyl groups is 2. The Morgan fingerprint density at radius 1 is 0.704 bits per heavy atom. The highest BCUT2D eigenvalue weighted by molar-refractivity contribution is 6.13. The molecular weight excluding hydrogens is 1260 g/mol. The van der Waals surface area contributed by atoms with Crippen LogP contribution in [0.1, 0.15) is 114 Å². The lowest BCUT2D eigenvalue weighted by atomic mass is 9.88. The van der Waals surface area contributed by atoms with Crippen LogP contribution >= 0.6 is 0 Å². The molecule has 3 aliphatic heterocycles. The van der Waals surface area contributed by atoms with Crippen LogP contribution in [-0.4, -0.2) is 178 Å². The summed E-state index contributed by atoms with van der Waals surface area (Å²) < 4.78 is 26.3. The molecule has 27 heteroatoms. The number of benzene rings is 3. The number of fused-ring (bicyclic) bond motifs is 2. The predicted molar refractivity (Wildman–Crippen MR) is 360 cm³/mol. The van der Waals surface area contributed by atoms with Crippen molar-refractivity contribution in [2.45, 2.75) is 104 Å². The minimum absolute atomic E-state index is 0.0152. The van der Waals surface area contributed by atoms with E-state index in [1.807, 2.05) is 32.2 Å². The molecular formula is C71H86N10O17. The van der Waals surface area contributed by atoms with Crippen LogP contribution in [-0.2, 0) is 74.9 Å². The quantitative estimate of drug-likeness (QED) is 0.0151. The zero-order valence-corrected chi connectivity index (χ0v) is 56.0. The van der Waals surface area contributed by atoms with E-state index in [1.165, 1.54) is 11.0 Å². The summed E-state index contributed by atoms with van der Waals surface area (Å²) in [6, 6.07) is 18.6. The molecule has 522 valence electrons. The summed E-state index contributed by atoms with van der Waals surface area (Å²) in [5, 5.41) is 34.9. The molecule has 3 aromatic carbocycles. The molecule has 1 fully saturated rings. The molecule has 27 nitrogen and oxygen atoms in total. The maximum Gasteiger partial charge on any atom is 0.416 e. The number of anilines is 3. The van der Waals surface area contributed by atoms with E-state index in [2.05, 4.69) is 33.2 Å². The fraction of sp³-hybridized carbons (Fsp3) is 0.423. The molecule has 0 spiro atoms. The standard InChI is InChI=1S/C71H86N10O17/c1-43(2)54(37-53(83)22-28-95-30-31-96-29-24-72-62(85)21-25-79-64(87)19-20-65(79)88)66(89)74-46(5)60(84)34-47-11-13-48(14-12-47)42-98-71(94)81-56-38-61(45(4)33-55(56)69(92)80-39-44(3)32-59(80)70(81)93)97-27-8-10-63(86)75-52-36-58(78(7)41-52)68(91)76-51-17-15-49(16-18-51)50-35-57(77(6)40-50)67(90)73-23-9-26-82/h11-20,33,35-36,38,40-41,43,46,54,59,70,82,93H,3,8-10,21-32,34,37,39,42H2,1-2,4-7H3,(H,72,85)(H,73,90)(H,74,89)(H,75,86)(H,76,91)/t46-,54-,59-,70?/m0/s1. The van der Waals surface area contributed by atoms with Crippen LogP contribution < -0.4 is 36.2 Å². The summed E-state index contributed by atoms with van der Waals surface area (Å²) >= 11 is 0. The number of amides is 9. The lowest BCUT2D eigenvalue weighted by molar-refractivity contribution is -0.137. The Balaban J connectivity index is 0.767. The Kier molecular flexibility index (Phi) is 26.1. The second-order valence-electron chi connectivity index (χ2n) is 24.8. The number of rotatable bonds is 35. The van der Waals surface area contributed by atoms with Gasteiger partial charge < -0.3 is 69.8 Å². The van der Waals surface area contributed by atoms with Gasteiger partial charge in [-0.1, -0.05) is 62.4 Å². The van der Waals surface area contributed by atoms with Gasteiger partial charge in [0.1, 0.15) is 29.5 Å². The van der Waals surface area contributed by atoms with E-state index in [9.17, 15) is 57.8 Å². The molecule has 2 aromatic heterocycles. The molecule has 1 saturated heterocycles. The lowest BCUT2D eigenvalue weighted by Crippen LogP contribution is -2.50. The molecule has 5 aromatic rings. The number of ether oxygens (including phenoxy) is 4. The van der Waals surface area contributed by atoms with E-state index in [0.717, 1.165) is 33.1 Å². The Hall–Kier alpha value is -10.1. The number of hydrogen-bond acceptors (Lipinski definition) is 17. The van der Waals surface area contributed by atoms with Gasteiger partial charge in [0.05, 0.1) is 62.1 Å². The van der Waals surface area contributed by atoms with Gasteiger partial charge in [0.25, 0.3) is 29.5 Å². The van der Waals surface area contributed by atoms with Gasteiger partial charge in [0, 0.05) is 127 Å². The van der Waals surface area contributed by atoms with Crippen molar-refractivity contribution in [1.29, 1.82) is 0 Å². The van der Waals surface area contributed by atoms with Crippen LogP contribution in [0, 0.1) is 18.8 Å². The van der Waals surface area contributed by atoms with E-state index in [1.54, 1.807) is 97.9 Å². The first-order valence-electron chi connectivity index (χ1n) is 32.6.